The molecule has 0 aliphatic carbocycles. The first-order valence-electron chi connectivity index (χ1n) is 7.58. The van der Waals surface area contributed by atoms with Gasteiger partial charge in [-0.25, -0.2) is 0 Å². The van der Waals surface area contributed by atoms with Crippen LogP contribution >= 0.6 is 23.2 Å². The van der Waals surface area contributed by atoms with Crippen LogP contribution in [-0.4, -0.2) is 55.2 Å². The highest BCUT2D eigenvalue weighted by Gasteiger charge is 2.19. The number of morpholine rings is 1. The van der Waals surface area contributed by atoms with Gasteiger partial charge in [-0.05, 0) is 31.2 Å². The Hall–Kier alpha value is -0.320. The summed E-state index contributed by atoms with van der Waals surface area (Å²) < 4.78 is 5.42. The van der Waals surface area contributed by atoms with E-state index in [1.807, 2.05) is 12.1 Å². The van der Waals surface area contributed by atoms with Crippen LogP contribution in [0.5, 0.6) is 0 Å². The lowest BCUT2D eigenvalue weighted by Crippen LogP contribution is -2.47. The zero-order valence-electron chi connectivity index (χ0n) is 12.8. The second-order valence-corrected chi connectivity index (χ2v) is 6.39. The predicted octanol–water partition coefficient (Wildman–Crippen LogP) is 3.54. The van der Waals surface area contributed by atoms with Gasteiger partial charge in [0.25, 0.3) is 0 Å². The van der Waals surface area contributed by atoms with Gasteiger partial charge in [0, 0.05) is 32.2 Å². The third-order valence-corrected chi connectivity index (χ3v) is 4.77. The van der Waals surface area contributed by atoms with Gasteiger partial charge < -0.3 is 4.74 Å². The van der Waals surface area contributed by atoms with E-state index >= 15 is 0 Å². The van der Waals surface area contributed by atoms with E-state index in [0.717, 1.165) is 45.9 Å². The average Bonchev–Trinajstić information content (AvgIpc) is 2.51. The van der Waals surface area contributed by atoms with Gasteiger partial charge in [-0.3, -0.25) is 9.80 Å². The Morgan fingerprint density at radius 3 is 2.57 bits per heavy atom. The Morgan fingerprint density at radius 1 is 1.24 bits per heavy atom. The molecule has 1 aromatic rings. The minimum atomic E-state index is 0.539. The van der Waals surface area contributed by atoms with Crippen molar-refractivity contribution < 1.29 is 4.74 Å². The Labute approximate surface area is 137 Å². The Morgan fingerprint density at radius 2 is 1.95 bits per heavy atom. The zero-order valence-corrected chi connectivity index (χ0v) is 14.3. The molecule has 0 amide bonds. The molecule has 2 rings (SSSR count). The fraction of sp³-hybridized carbons (Fsp3) is 0.625. The number of hydrogen-bond acceptors (Lipinski definition) is 3. The van der Waals surface area contributed by atoms with E-state index in [1.165, 1.54) is 5.56 Å². The van der Waals surface area contributed by atoms with Crippen molar-refractivity contribution in [2.45, 2.75) is 26.4 Å². The van der Waals surface area contributed by atoms with Crippen molar-refractivity contribution in [2.75, 3.05) is 39.4 Å². The molecule has 0 spiro atoms. The molecule has 1 aliphatic heterocycles. The van der Waals surface area contributed by atoms with Gasteiger partial charge >= 0.3 is 0 Å². The molecule has 1 aromatic carbocycles. The fourth-order valence-corrected chi connectivity index (χ4v) is 3.03. The number of ether oxygens (including phenoxy) is 1. The minimum Gasteiger partial charge on any atom is -0.379 e. The van der Waals surface area contributed by atoms with Crippen molar-refractivity contribution in [1.82, 2.24) is 9.80 Å². The van der Waals surface area contributed by atoms with Crippen molar-refractivity contribution in [3.05, 3.63) is 33.8 Å². The van der Waals surface area contributed by atoms with Crippen LogP contribution in [-0.2, 0) is 11.3 Å². The van der Waals surface area contributed by atoms with E-state index in [4.69, 9.17) is 27.9 Å². The lowest BCUT2D eigenvalue weighted by atomic mass is 10.2. The van der Waals surface area contributed by atoms with Crippen LogP contribution in [0, 0.1) is 0 Å². The maximum atomic E-state index is 6.10. The summed E-state index contributed by atoms with van der Waals surface area (Å²) in [7, 11) is 0. The Bertz CT molecular complexity index is 450. The summed E-state index contributed by atoms with van der Waals surface area (Å²) in [5, 5.41) is 1.25. The largest absolute Gasteiger partial charge is 0.379 e. The second kappa shape index (κ2) is 8.35. The Balaban J connectivity index is 1.91. The molecule has 0 aromatic heterocycles. The molecule has 118 valence electrons. The number of nitrogens with zero attached hydrogens (tertiary/aromatic N) is 2. The van der Waals surface area contributed by atoms with Gasteiger partial charge in [0.2, 0.25) is 0 Å². The van der Waals surface area contributed by atoms with E-state index in [-0.39, 0.29) is 0 Å². The second-order valence-electron chi connectivity index (χ2n) is 5.57. The third-order valence-electron chi connectivity index (χ3n) is 4.03. The van der Waals surface area contributed by atoms with Crippen molar-refractivity contribution in [1.29, 1.82) is 0 Å². The molecular formula is C16H24Cl2N2O. The molecule has 0 bridgehead atoms. The molecule has 5 heteroatoms. The molecule has 1 atom stereocenters. The first-order chi connectivity index (χ1) is 10.1. The maximum Gasteiger partial charge on any atom is 0.0595 e. The van der Waals surface area contributed by atoms with Gasteiger partial charge in [0.1, 0.15) is 0 Å². The highest BCUT2D eigenvalue weighted by molar-refractivity contribution is 6.42. The number of benzene rings is 1. The monoisotopic (exact) mass is 330 g/mol. The third kappa shape index (κ3) is 5.11. The van der Waals surface area contributed by atoms with Crippen LogP contribution in [0.4, 0.5) is 0 Å². The van der Waals surface area contributed by atoms with Crippen LogP contribution < -0.4 is 0 Å². The Kier molecular flexibility index (Phi) is 6.77. The zero-order chi connectivity index (χ0) is 15.2. The van der Waals surface area contributed by atoms with E-state index in [9.17, 15) is 0 Å². The van der Waals surface area contributed by atoms with Gasteiger partial charge in [0.05, 0.1) is 23.3 Å². The first kappa shape index (κ1) is 17.0. The standard InChI is InChI=1S/C16H24Cl2N2O/c1-3-19(11-13(2)20-6-8-21-9-7-20)12-14-4-5-15(17)16(18)10-14/h4-5,10,13H,3,6-9,11-12H2,1-2H3. The van der Waals surface area contributed by atoms with Crippen molar-refractivity contribution >= 4 is 23.2 Å². The highest BCUT2D eigenvalue weighted by Crippen LogP contribution is 2.23. The van der Waals surface area contributed by atoms with E-state index in [1.54, 1.807) is 0 Å². The number of halogens is 2. The summed E-state index contributed by atoms with van der Waals surface area (Å²) in [4.78, 5) is 4.95. The van der Waals surface area contributed by atoms with Crippen molar-refractivity contribution in [3.63, 3.8) is 0 Å². The SMILES string of the molecule is CCN(Cc1ccc(Cl)c(Cl)c1)CC(C)N1CCOCC1. The van der Waals surface area contributed by atoms with Gasteiger partial charge in [-0.1, -0.05) is 36.2 Å². The summed E-state index contributed by atoms with van der Waals surface area (Å²) in [6, 6.07) is 6.43. The molecule has 21 heavy (non-hydrogen) atoms. The summed E-state index contributed by atoms with van der Waals surface area (Å²) in [6.07, 6.45) is 0. The van der Waals surface area contributed by atoms with Crippen LogP contribution in [0.15, 0.2) is 18.2 Å². The molecule has 0 N–H and O–H groups in total. The predicted molar refractivity (Wildman–Crippen MR) is 89.3 cm³/mol. The van der Waals surface area contributed by atoms with Crippen LogP contribution in [0.25, 0.3) is 0 Å². The fourth-order valence-electron chi connectivity index (χ4n) is 2.71. The number of likely N-dealkylation sites (N-methyl/N-ethyl adjacent to an activating group) is 1. The summed E-state index contributed by atoms with van der Waals surface area (Å²) >= 11 is 12.1. The van der Waals surface area contributed by atoms with Crippen LogP contribution in [0.3, 0.4) is 0 Å². The molecular weight excluding hydrogens is 307 g/mol. The average molecular weight is 331 g/mol. The maximum absolute atomic E-state index is 6.10. The first-order valence-corrected chi connectivity index (χ1v) is 8.33. The summed E-state index contributed by atoms with van der Waals surface area (Å²) in [5.41, 5.74) is 1.21. The molecule has 1 saturated heterocycles. The van der Waals surface area contributed by atoms with Gasteiger partial charge in [-0.15, -0.1) is 0 Å². The van der Waals surface area contributed by atoms with Gasteiger partial charge in [-0.2, -0.15) is 0 Å². The van der Waals surface area contributed by atoms with E-state index in [0.29, 0.717) is 16.1 Å². The number of hydrogen-bond donors (Lipinski definition) is 0. The topological polar surface area (TPSA) is 15.7 Å². The highest BCUT2D eigenvalue weighted by atomic mass is 35.5. The lowest BCUT2D eigenvalue weighted by Gasteiger charge is -2.35. The van der Waals surface area contributed by atoms with Crippen molar-refractivity contribution in [2.24, 2.45) is 0 Å². The summed E-state index contributed by atoms with van der Waals surface area (Å²) in [6.45, 7) is 11.2. The molecule has 0 radical (unpaired) electrons. The van der Waals surface area contributed by atoms with E-state index in [2.05, 4.69) is 29.7 Å². The molecule has 3 nitrogen and oxygen atoms in total. The molecule has 1 fully saturated rings. The summed E-state index contributed by atoms with van der Waals surface area (Å²) in [5.74, 6) is 0. The van der Waals surface area contributed by atoms with E-state index < -0.39 is 0 Å². The molecule has 1 unspecified atom stereocenters. The van der Waals surface area contributed by atoms with Crippen LogP contribution in [0.2, 0.25) is 10.0 Å². The number of rotatable bonds is 6. The molecule has 1 heterocycles. The van der Waals surface area contributed by atoms with Crippen LogP contribution in [0.1, 0.15) is 19.4 Å². The molecule has 0 saturated carbocycles. The van der Waals surface area contributed by atoms with Gasteiger partial charge in [0.15, 0.2) is 0 Å². The quantitative estimate of drug-likeness (QED) is 0.793. The molecule has 1 aliphatic rings. The normalized spacial score (nSPS) is 18.1. The van der Waals surface area contributed by atoms with Crippen molar-refractivity contribution in [3.8, 4) is 0 Å². The lowest BCUT2D eigenvalue weighted by molar-refractivity contribution is 0.0122. The minimum absolute atomic E-state index is 0.539. The smallest absolute Gasteiger partial charge is 0.0595 e.